The molecule has 94 valence electrons. The Bertz CT molecular complexity index is 229. The van der Waals surface area contributed by atoms with E-state index in [4.69, 9.17) is 10.5 Å². The van der Waals surface area contributed by atoms with Gasteiger partial charge in [0.2, 0.25) is 5.91 Å². The first-order chi connectivity index (χ1) is 7.47. The first-order valence-corrected chi connectivity index (χ1v) is 5.66. The Morgan fingerprint density at radius 3 is 2.50 bits per heavy atom. The van der Waals surface area contributed by atoms with Gasteiger partial charge in [-0.2, -0.15) is 0 Å². The minimum atomic E-state index is -0.498. The van der Waals surface area contributed by atoms with E-state index in [0.717, 1.165) is 0 Å². The largest absolute Gasteiger partial charge is 0.466 e. The van der Waals surface area contributed by atoms with E-state index in [1.165, 1.54) is 0 Å². The summed E-state index contributed by atoms with van der Waals surface area (Å²) in [7, 11) is 0. The average molecular weight is 230 g/mol. The molecule has 0 rings (SSSR count). The van der Waals surface area contributed by atoms with Crippen LogP contribution in [0.2, 0.25) is 0 Å². The zero-order chi connectivity index (χ0) is 12.6. The Morgan fingerprint density at radius 2 is 2.00 bits per heavy atom. The van der Waals surface area contributed by atoms with Gasteiger partial charge in [0.15, 0.2) is 0 Å². The molecule has 0 aromatic heterocycles. The molecule has 5 nitrogen and oxygen atoms in total. The van der Waals surface area contributed by atoms with Crippen molar-refractivity contribution < 1.29 is 14.3 Å². The Balaban J connectivity index is 3.68. The minimum Gasteiger partial charge on any atom is -0.466 e. The van der Waals surface area contributed by atoms with Gasteiger partial charge in [-0.15, -0.1) is 0 Å². The fraction of sp³-hybridized carbons (Fsp3) is 0.818. The molecule has 0 heterocycles. The van der Waals surface area contributed by atoms with Crippen molar-refractivity contribution in [3.05, 3.63) is 0 Å². The fourth-order valence-corrected chi connectivity index (χ4v) is 1.27. The SMILES string of the molecule is CCOC(=O)CCNC(=O)[C@H](N)CC(C)C. The highest BCUT2D eigenvalue weighted by Crippen LogP contribution is 2.02. The summed E-state index contributed by atoms with van der Waals surface area (Å²) in [5, 5.41) is 2.61. The second-order valence-electron chi connectivity index (χ2n) is 4.08. The maximum absolute atomic E-state index is 11.4. The Hall–Kier alpha value is -1.10. The van der Waals surface area contributed by atoms with Gasteiger partial charge in [-0.25, -0.2) is 0 Å². The van der Waals surface area contributed by atoms with Crippen LogP contribution in [-0.4, -0.2) is 31.1 Å². The maximum atomic E-state index is 11.4. The molecule has 16 heavy (non-hydrogen) atoms. The van der Waals surface area contributed by atoms with E-state index in [0.29, 0.717) is 18.9 Å². The Morgan fingerprint density at radius 1 is 1.38 bits per heavy atom. The van der Waals surface area contributed by atoms with Gasteiger partial charge in [0, 0.05) is 6.54 Å². The predicted octanol–water partition coefficient (Wildman–Crippen LogP) is 0.429. The van der Waals surface area contributed by atoms with Gasteiger partial charge in [-0.1, -0.05) is 13.8 Å². The Labute approximate surface area is 96.7 Å². The predicted molar refractivity (Wildman–Crippen MR) is 61.7 cm³/mol. The lowest BCUT2D eigenvalue weighted by molar-refractivity contribution is -0.143. The van der Waals surface area contributed by atoms with E-state index in [-0.39, 0.29) is 24.8 Å². The lowest BCUT2D eigenvalue weighted by Crippen LogP contribution is -2.42. The topological polar surface area (TPSA) is 81.4 Å². The first-order valence-electron chi connectivity index (χ1n) is 5.66. The van der Waals surface area contributed by atoms with Crippen LogP contribution in [0.4, 0.5) is 0 Å². The molecule has 0 aliphatic rings. The second kappa shape index (κ2) is 8.10. The number of hydrogen-bond donors (Lipinski definition) is 2. The molecule has 0 aliphatic heterocycles. The van der Waals surface area contributed by atoms with Crippen molar-refractivity contribution in [3.8, 4) is 0 Å². The molecule has 0 bridgehead atoms. The number of esters is 1. The molecule has 0 saturated carbocycles. The zero-order valence-corrected chi connectivity index (χ0v) is 10.3. The zero-order valence-electron chi connectivity index (χ0n) is 10.3. The van der Waals surface area contributed by atoms with Gasteiger partial charge >= 0.3 is 5.97 Å². The van der Waals surface area contributed by atoms with E-state index in [1.807, 2.05) is 13.8 Å². The first kappa shape index (κ1) is 14.9. The Kier molecular flexibility index (Phi) is 7.54. The van der Waals surface area contributed by atoms with Crippen LogP contribution in [0, 0.1) is 5.92 Å². The highest BCUT2D eigenvalue weighted by atomic mass is 16.5. The third-order valence-electron chi connectivity index (χ3n) is 2.00. The van der Waals surface area contributed by atoms with E-state index in [9.17, 15) is 9.59 Å². The third-order valence-corrected chi connectivity index (χ3v) is 2.00. The van der Waals surface area contributed by atoms with E-state index >= 15 is 0 Å². The summed E-state index contributed by atoms with van der Waals surface area (Å²) in [6, 6.07) is -0.498. The molecule has 3 N–H and O–H groups in total. The summed E-state index contributed by atoms with van der Waals surface area (Å²) >= 11 is 0. The minimum absolute atomic E-state index is 0.188. The number of nitrogens with one attached hydrogen (secondary N) is 1. The number of hydrogen-bond acceptors (Lipinski definition) is 4. The van der Waals surface area contributed by atoms with Gasteiger partial charge in [0.1, 0.15) is 0 Å². The quantitative estimate of drug-likeness (QED) is 0.621. The number of carbonyl (C=O) groups is 2. The van der Waals surface area contributed by atoms with Crippen molar-refractivity contribution >= 4 is 11.9 Å². The maximum Gasteiger partial charge on any atom is 0.307 e. The molecule has 0 fully saturated rings. The normalized spacial score (nSPS) is 12.3. The monoisotopic (exact) mass is 230 g/mol. The average Bonchev–Trinajstić information content (AvgIpc) is 2.16. The molecule has 0 aliphatic carbocycles. The van der Waals surface area contributed by atoms with Gasteiger partial charge in [0.25, 0.3) is 0 Å². The van der Waals surface area contributed by atoms with Crippen LogP contribution in [0.25, 0.3) is 0 Å². The standard InChI is InChI=1S/C11H22N2O3/c1-4-16-10(14)5-6-13-11(15)9(12)7-8(2)3/h8-9H,4-7,12H2,1-3H3,(H,13,15)/t9-/m1/s1. The van der Waals surface area contributed by atoms with Crippen LogP contribution in [0.5, 0.6) is 0 Å². The van der Waals surface area contributed by atoms with Crippen molar-refractivity contribution in [1.29, 1.82) is 0 Å². The van der Waals surface area contributed by atoms with Crippen LogP contribution < -0.4 is 11.1 Å². The van der Waals surface area contributed by atoms with E-state index in [1.54, 1.807) is 6.92 Å². The smallest absolute Gasteiger partial charge is 0.307 e. The molecular weight excluding hydrogens is 208 g/mol. The van der Waals surface area contributed by atoms with Gasteiger partial charge in [-0.3, -0.25) is 9.59 Å². The summed E-state index contributed by atoms with van der Waals surface area (Å²) < 4.78 is 4.73. The molecule has 0 aromatic carbocycles. The lowest BCUT2D eigenvalue weighted by Gasteiger charge is -2.13. The number of carbonyl (C=O) groups excluding carboxylic acids is 2. The summed E-state index contributed by atoms with van der Waals surface area (Å²) in [5.41, 5.74) is 5.67. The molecule has 5 heteroatoms. The highest BCUT2D eigenvalue weighted by Gasteiger charge is 2.14. The molecule has 0 aromatic rings. The second-order valence-corrected chi connectivity index (χ2v) is 4.08. The van der Waals surface area contributed by atoms with Crippen LogP contribution in [0.3, 0.4) is 0 Å². The van der Waals surface area contributed by atoms with Crippen molar-refractivity contribution in [2.75, 3.05) is 13.2 Å². The number of ether oxygens (including phenoxy) is 1. The molecule has 1 amide bonds. The highest BCUT2D eigenvalue weighted by molar-refractivity contribution is 5.82. The molecule has 0 radical (unpaired) electrons. The van der Waals surface area contributed by atoms with E-state index < -0.39 is 6.04 Å². The summed E-state index contributed by atoms with van der Waals surface area (Å²) in [6.45, 7) is 6.40. The van der Waals surface area contributed by atoms with Gasteiger partial charge in [-0.05, 0) is 19.3 Å². The van der Waals surface area contributed by atoms with Crippen molar-refractivity contribution in [1.82, 2.24) is 5.32 Å². The number of nitrogens with two attached hydrogens (primary N) is 1. The summed E-state index contributed by atoms with van der Waals surface area (Å²) in [4.78, 5) is 22.4. The van der Waals surface area contributed by atoms with Crippen molar-refractivity contribution in [2.45, 2.75) is 39.7 Å². The molecule has 1 atom stereocenters. The van der Waals surface area contributed by atoms with Crippen LogP contribution in [0.1, 0.15) is 33.6 Å². The third kappa shape index (κ3) is 7.23. The summed E-state index contributed by atoms with van der Waals surface area (Å²) in [5.74, 6) is -0.135. The summed E-state index contributed by atoms with van der Waals surface area (Å²) in [6.07, 6.45) is 0.833. The number of rotatable bonds is 7. The molecular formula is C11H22N2O3. The fourth-order valence-electron chi connectivity index (χ4n) is 1.27. The van der Waals surface area contributed by atoms with Gasteiger partial charge in [0.05, 0.1) is 19.1 Å². The van der Waals surface area contributed by atoms with Crippen molar-refractivity contribution in [3.63, 3.8) is 0 Å². The van der Waals surface area contributed by atoms with E-state index in [2.05, 4.69) is 5.32 Å². The molecule has 0 unspecified atom stereocenters. The lowest BCUT2D eigenvalue weighted by atomic mass is 10.0. The van der Waals surface area contributed by atoms with Crippen LogP contribution in [0.15, 0.2) is 0 Å². The number of amides is 1. The van der Waals surface area contributed by atoms with Crippen LogP contribution in [-0.2, 0) is 14.3 Å². The molecule has 0 spiro atoms. The molecule has 0 saturated heterocycles. The van der Waals surface area contributed by atoms with Crippen molar-refractivity contribution in [2.24, 2.45) is 11.7 Å². The van der Waals surface area contributed by atoms with Gasteiger partial charge < -0.3 is 15.8 Å². The van der Waals surface area contributed by atoms with Crippen LogP contribution >= 0.6 is 0 Å².